The molecule has 2 aliphatic carbocycles. The van der Waals surface area contributed by atoms with Crippen LogP contribution in [0, 0.1) is 18.6 Å². The number of halogens is 2. The molecule has 214 valence electrons. The number of nitrogens with zero attached hydrogens (tertiary/aromatic N) is 6. The fourth-order valence-corrected chi connectivity index (χ4v) is 5.19. The number of aromatic nitrogens is 6. The van der Waals surface area contributed by atoms with E-state index in [0.717, 1.165) is 36.8 Å². The molecule has 6 aromatic rings. The lowest BCUT2D eigenvalue weighted by atomic mass is 10.1. The van der Waals surface area contributed by atoms with Crippen LogP contribution in [0.15, 0.2) is 88.7 Å². The van der Waals surface area contributed by atoms with E-state index in [-0.39, 0.29) is 34.8 Å². The molecule has 0 atom stereocenters. The van der Waals surface area contributed by atoms with Crippen molar-refractivity contribution in [2.75, 3.05) is 0 Å². The molecule has 2 aromatic carbocycles. The maximum atomic E-state index is 13.1. The molecule has 2 aliphatic rings. The predicted octanol–water partition coefficient (Wildman–Crippen LogP) is 6.17. The molecule has 10 heteroatoms. The van der Waals surface area contributed by atoms with Crippen molar-refractivity contribution in [2.45, 2.75) is 44.7 Å². The summed E-state index contributed by atoms with van der Waals surface area (Å²) in [6.45, 7) is 1.95. The van der Waals surface area contributed by atoms with Gasteiger partial charge in [0.15, 0.2) is 11.3 Å². The molecule has 0 radical (unpaired) electrons. The van der Waals surface area contributed by atoms with E-state index in [1.807, 2.05) is 19.1 Å². The van der Waals surface area contributed by atoms with Crippen LogP contribution in [0.2, 0.25) is 0 Å². The number of benzene rings is 2. The second-order valence-corrected chi connectivity index (χ2v) is 10.9. The van der Waals surface area contributed by atoms with Crippen LogP contribution in [0.1, 0.15) is 43.3 Å². The normalized spacial score (nSPS) is 14.5. The summed E-state index contributed by atoms with van der Waals surface area (Å²) >= 11 is 0. The lowest BCUT2D eigenvalue weighted by molar-refractivity contribution is 0.627. The third-order valence-corrected chi connectivity index (χ3v) is 7.69. The van der Waals surface area contributed by atoms with Gasteiger partial charge in [0, 0.05) is 35.6 Å². The first-order valence-electron chi connectivity index (χ1n) is 14.2. The lowest BCUT2D eigenvalue weighted by Crippen LogP contribution is -2.23. The minimum atomic E-state index is -0.330. The summed E-state index contributed by atoms with van der Waals surface area (Å²) in [5, 5.41) is 0. The van der Waals surface area contributed by atoms with Crippen molar-refractivity contribution in [3.8, 4) is 22.5 Å². The Morgan fingerprint density at radius 2 is 1.16 bits per heavy atom. The highest BCUT2D eigenvalue weighted by Gasteiger charge is 2.30. The Morgan fingerprint density at radius 1 is 0.651 bits per heavy atom. The number of hydrogen-bond acceptors (Lipinski definition) is 6. The van der Waals surface area contributed by atoms with E-state index in [2.05, 4.69) is 19.9 Å². The summed E-state index contributed by atoms with van der Waals surface area (Å²) in [5.74, 6) is -0.659. The molecule has 8 rings (SSSR count). The van der Waals surface area contributed by atoms with Gasteiger partial charge in [-0.3, -0.25) is 18.7 Å². The average Bonchev–Trinajstić information content (AvgIpc) is 3.94. The Bertz CT molecular complexity index is 2120. The molecule has 2 saturated carbocycles. The van der Waals surface area contributed by atoms with Crippen molar-refractivity contribution in [3.63, 3.8) is 0 Å². The van der Waals surface area contributed by atoms with Crippen molar-refractivity contribution >= 4 is 22.3 Å². The zero-order valence-corrected chi connectivity index (χ0v) is 23.2. The van der Waals surface area contributed by atoms with E-state index >= 15 is 0 Å². The average molecular weight is 577 g/mol. The number of aryl methyl sites for hydroxylation is 1. The number of rotatable bonds is 4. The molecular weight excluding hydrogens is 550 g/mol. The van der Waals surface area contributed by atoms with Gasteiger partial charge < -0.3 is 0 Å². The molecule has 4 heterocycles. The fraction of sp³-hybridized carbons (Fsp3) is 0.212. The van der Waals surface area contributed by atoms with Crippen LogP contribution >= 0.6 is 0 Å². The fourth-order valence-electron chi connectivity index (χ4n) is 5.19. The van der Waals surface area contributed by atoms with Crippen LogP contribution in [0.3, 0.4) is 0 Å². The standard InChI is InChI=1S/C17H14FN3O.C16H12FN3O/c1-10-8-9-19-16-14(10)20-15(11-2-4-12(18)5-3-11)17(22)21(16)13-6-7-13;17-11-5-3-10(4-6-11)14-16(21)20(12-7-8-12)15-13(19-14)2-1-9-18-15/h2-5,8-9,13H,6-7H2,1H3;1-6,9,12H,7-8H2. The molecule has 0 bridgehead atoms. The van der Waals surface area contributed by atoms with E-state index < -0.39 is 0 Å². The second-order valence-electron chi connectivity index (χ2n) is 10.9. The molecule has 0 unspecified atom stereocenters. The predicted molar refractivity (Wildman–Crippen MR) is 160 cm³/mol. The van der Waals surface area contributed by atoms with E-state index in [0.29, 0.717) is 39.3 Å². The molecule has 4 aromatic heterocycles. The van der Waals surface area contributed by atoms with Gasteiger partial charge in [-0.2, -0.15) is 0 Å². The van der Waals surface area contributed by atoms with Crippen LogP contribution in [-0.4, -0.2) is 29.1 Å². The van der Waals surface area contributed by atoms with Gasteiger partial charge in [-0.1, -0.05) is 0 Å². The van der Waals surface area contributed by atoms with Crippen molar-refractivity contribution in [2.24, 2.45) is 0 Å². The molecule has 0 aliphatic heterocycles. The maximum Gasteiger partial charge on any atom is 0.278 e. The van der Waals surface area contributed by atoms with Gasteiger partial charge in [-0.15, -0.1) is 0 Å². The molecule has 0 amide bonds. The monoisotopic (exact) mass is 576 g/mol. The molecule has 2 fully saturated rings. The highest BCUT2D eigenvalue weighted by atomic mass is 19.1. The summed E-state index contributed by atoms with van der Waals surface area (Å²) in [6.07, 6.45) is 7.31. The zero-order valence-electron chi connectivity index (χ0n) is 23.2. The first-order chi connectivity index (χ1) is 20.9. The van der Waals surface area contributed by atoms with Crippen LogP contribution in [-0.2, 0) is 0 Å². The smallest absolute Gasteiger partial charge is 0.278 e. The maximum absolute atomic E-state index is 13.1. The van der Waals surface area contributed by atoms with Gasteiger partial charge >= 0.3 is 0 Å². The number of fused-ring (bicyclic) bond motifs is 2. The van der Waals surface area contributed by atoms with E-state index in [1.165, 1.54) is 24.3 Å². The van der Waals surface area contributed by atoms with Crippen LogP contribution < -0.4 is 11.1 Å². The zero-order chi connectivity index (χ0) is 29.7. The summed E-state index contributed by atoms with van der Waals surface area (Å²) < 4.78 is 29.7. The van der Waals surface area contributed by atoms with E-state index in [4.69, 9.17) is 0 Å². The van der Waals surface area contributed by atoms with Crippen LogP contribution in [0.25, 0.3) is 44.8 Å². The summed E-state index contributed by atoms with van der Waals surface area (Å²) in [7, 11) is 0. The summed E-state index contributed by atoms with van der Waals surface area (Å²) in [4.78, 5) is 43.1. The molecule has 0 saturated heterocycles. The minimum absolute atomic E-state index is 0.153. The molecule has 8 nitrogen and oxygen atoms in total. The third kappa shape index (κ3) is 5.09. The molecular formula is C33H26F2N6O2. The van der Waals surface area contributed by atoms with Crippen molar-refractivity contribution < 1.29 is 8.78 Å². The minimum Gasteiger partial charge on any atom is -0.286 e. The largest absolute Gasteiger partial charge is 0.286 e. The number of pyridine rings is 2. The first kappa shape index (κ1) is 26.8. The summed E-state index contributed by atoms with van der Waals surface area (Å²) in [6, 6.07) is 17.6. The Hall–Kier alpha value is -5.12. The third-order valence-electron chi connectivity index (χ3n) is 7.69. The highest BCUT2D eigenvalue weighted by Crippen LogP contribution is 2.37. The van der Waals surface area contributed by atoms with E-state index in [9.17, 15) is 18.4 Å². The van der Waals surface area contributed by atoms with Crippen molar-refractivity contribution in [1.29, 1.82) is 0 Å². The molecule has 0 N–H and O–H groups in total. The van der Waals surface area contributed by atoms with Gasteiger partial charge in [0.2, 0.25) is 0 Å². The second kappa shape index (κ2) is 10.6. The van der Waals surface area contributed by atoms with Crippen LogP contribution in [0.4, 0.5) is 8.78 Å². The highest BCUT2D eigenvalue weighted by molar-refractivity contribution is 5.78. The number of hydrogen-bond donors (Lipinski definition) is 0. The molecule has 0 spiro atoms. The lowest BCUT2D eigenvalue weighted by Gasteiger charge is -2.12. The van der Waals surface area contributed by atoms with Crippen molar-refractivity contribution in [3.05, 3.63) is 117 Å². The van der Waals surface area contributed by atoms with Gasteiger partial charge in [0.25, 0.3) is 11.1 Å². The SMILES string of the molecule is Cc1ccnc2c1nc(-c1ccc(F)cc1)c(=O)n2C1CC1.O=c1c(-c2ccc(F)cc2)nc2cccnc2n1C1CC1. The Kier molecular flexibility index (Phi) is 6.61. The van der Waals surface area contributed by atoms with Gasteiger partial charge in [-0.25, -0.2) is 28.7 Å². The quantitative estimate of drug-likeness (QED) is 0.249. The van der Waals surface area contributed by atoms with Gasteiger partial charge in [0.1, 0.15) is 34.1 Å². The van der Waals surface area contributed by atoms with Crippen molar-refractivity contribution in [1.82, 2.24) is 29.1 Å². The first-order valence-corrected chi connectivity index (χ1v) is 14.2. The Labute approximate surface area is 244 Å². The Balaban J connectivity index is 0.000000140. The van der Waals surface area contributed by atoms with E-state index in [1.54, 1.807) is 51.9 Å². The van der Waals surface area contributed by atoms with Crippen LogP contribution in [0.5, 0.6) is 0 Å². The Morgan fingerprint density at radius 3 is 1.72 bits per heavy atom. The van der Waals surface area contributed by atoms with Gasteiger partial charge in [-0.05, 0) is 105 Å². The topological polar surface area (TPSA) is 95.6 Å². The molecule has 43 heavy (non-hydrogen) atoms. The summed E-state index contributed by atoms with van der Waals surface area (Å²) in [5.41, 5.74) is 5.30. The van der Waals surface area contributed by atoms with Gasteiger partial charge in [0.05, 0.1) is 0 Å².